The minimum atomic E-state index is -0.651. The molecule has 2 aromatic rings. The number of nitrogens with zero attached hydrogens (tertiary/aromatic N) is 5. The zero-order chi connectivity index (χ0) is 34.0. The Hall–Kier alpha value is -4.21. The fourth-order valence-electron chi connectivity index (χ4n) is 6.70. The molecule has 1 aromatic carbocycles. The van der Waals surface area contributed by atoms with E-state index in [4.69, 9.17) is 25.4 Å². The largest absolute Gasteiger partial charge is 0.495 e. The first-order valence-electron chi connectivity index (χ1n) is 17.0. The summed E-state index contributed by atoms with van der Waals surface area (Å²) in [4.78, 5) is 52.2. The summed E-state index contributed by atoms with van der Waals surface area (Å²) in [6.45, 7) is 8.13. The highest BCUT2D eigenvalue weighted by Crippen LogP contribution is 2.35. The van der Waals surface area contributed by atoms with Gasteiger partial charge in [-0.25, -0.2) is 15.4 Å². The van der Waals surface area contributed by atoms with Gasteiger partial charge in [0.2, 0.25) is 11.8 Å². The molecule has 262 valence electrons. The lowest BCUT2D eigenvalue weighted by atomic mass is 10.0. The van der Waals surface area contributed by atoms with Gasteiger partial charge in [-0.05, 0) is 50.7 Å². The van der Waals surface area contributed by atoms with Crippen LogP contribution < -0.4 is 31.5 Å². The van der Waals surface area contributed by atoms with Gasteiger partial charge in [-0.15, -0.1) is 0 Å². The van der Waals surface area contributed by atoms with Crippen LogP contribution in [0.25, 0.3) is 0 Å². The summed E-state index contributed by atoms with van der Waals surface area (Å²) in [6, 6.07) is 6.53. The summed E-state index contributed by atoms with van der Waals surface area (Å²) in [5.41, 5.74) is 9.81. The van der Waals surface area contributed by atoms with Crippen molar-refractivity contribution in [2.75, 3.05) is 75.1 Å². The molecule has 48 heavy (non-hydrogen) atoms. The number of rotatable bonds is 13. The normalized spacial score (nSPS) is 18.0. The van der Waals surface area contributed by atoms with Crippen LogP contribution in [0.5, 0.6) is 5.75 Å². The number of benzene rings is 1. The van der Waals surface area contributed by atoms with Crippen LogP contribution in [-0.4, -0.2) is 114 Å². The molecule has 3 saturated heterocycles. The minimum absolute atomic E-state index is 0.0585. The number of anilines is 4. The number of piperidine rings is 1. The van der Waals surface area contributed by atoms with Gasteiger partial charge in [0.15, 0.2) is 17.3 Å². The van der Waals surface area contributed by atoms with Gasteiger partial charge in [0.05, 0.1) is 18.5 Å². The molecule has 1 aromatic heterocycles. The Labute approximate surface area is 281 Å². The van der Waals surface area contributed by atoms with E-state index in [1.54, 1.807) is 12.6 Å². The van der Waals surface area contributed by atoms with Crippen LogP contribution in [0.4, 0.5) is 23.0 Å². The van der Waals surface area contributed by atoms with E-state index in [-0.39, 0.29) is 24.1 Å². The van der Waals surface area contributed by atoms with Crippen LogP contribution in [0.15, 0.2) is 18.2 Å². The van der Waals surface area contributed by atoms with E-state index in [0.29, 0.717) is 80.4 Å². The zero-order valence-corrected chi connectivity index (χ0v) is 28.0. The van der Waals surface area contributed by atoms with Crippen molar-refractivity contribution in [2.45, 2.75) is 70.4 Å². The van der Waals surface area contributed by atoms with Crippen molar-refractivity contribution in [1.29, 1.82) is 0 Å². The second kappa shape index (κ2) is 16.8. The monoisotopic (exact) mass is 667 g/mol. The van der Waals surface area contributed by atoms with Gasteiger partial charge >= 0.3 is 0 Å². The third-order valence-corrected chi connectivity index (χ3v) is 9.45. The average molecular weight is 668 g/mol. The van der Waals surface area contributed by atoms with E-state index in [1.807, 2.05) is 30.0 Å². The maximum Gasteiger partial charge on any atom is 0.271 e. The molecular weight excluding hydrogens is 618 g/mol. The molecule has 0 unspecified atom stereocenters. The Balaban J connectivity index is 1.18. The van der Waals surface area contributed by atoms with Gasteiger partial charge in [0, 0.05) is 89.2 Å². The first-order chi connectivity index (χ1) is 23.3. The van der Waals surface area contributed by atoms with Gasteiger partial charge in [-0.3, -0.25) is 24.5 Å². The number of primary amides is 1. The number of aryl methyl sites for hydroxylation is 1. The van der Waals surface area contributed by atoms with Crippen LogP contribution in [0.3, 0.4) is 0 Å². The number of hydrogen-bond acceptors (Lipinski definition) is 12. The van der Waals surface area contributed by atoms with Crippen molar-refractivity contribution in [3.05, 3.63) is 29.6 Å². The van der Waals surface area contributed by atoms with E-state index in [9.17, 15) is 14.4 Å². The Morgan fingerprint density at radius 1 is 1.00 bits per heavy atom. The Morgan fingerprint density at radius 2 is 1.73 bits per heavy atom. The van der Waals surface area contributed by atoms with Crippen LogP contribution >= 0.6 is 0 Å². The van der Waals surface area contributed by atoms with Crippen LogP contribution in [0.1, 0.15) is 68.1 Å². The number of hydrogen-bond donors (Lipinski definition) is 5. The van der Waals surface area contributed by atoms with Crippen molar-refractivity contribution < 1.29 is 29.1 Å². The van der Waals surface area contributed by atoms with E-state index in [2.05, 4.69) is 25.4 Å². The Morgan fingerprint density at radius 3 is 2.38 bits per heavy atom. The minimum Gasteiger partial charge on any atom is -0.495 e. The molecule has 15 nitrogen and oxygen atoms in total. The molecule has 0 spiro atoms. The standard InChI is InChI=1S/C33H49N9O6/c1-3-25-32(35-22-11-19-48-20-12-22)38-33(30(37-25)31(34)45)36-23-7-8-26(27(21-23)47-2)41-13-9-24(10-14-41)40-15-17-42(18-16-40)29(44)6-4-5-28(43)39-46/h7-8,21-22,24,46H,3-6,9-20H2,1-2H3,(H2,34,45)(H,39,43)(H2,35,36,38). The summed E-state index contributed by atoms with van der Waals surface area (Å²) in [5, 5.41) is 15.4. The average Bonchev–Trinajstić information content (AvgIpc) is 3.12. The highest BCUT2D eigenvalue weighted by atomic mass is 16.5. The van der Waals surface area contributed by atoms with Gasteiger partial charge < -0.3 is 35.6 Å². The molecule has 0 atom stereocenters. The molecule has 6 N–H and O–H groups in total. The fourth-order valence-corrected chi connectivity index (χ4v) is 6.70. The number of nitrogens with one attached hydrogen (secondary N) is 3. The van der Waals surface area contributed by atoms with Crippen molar-refractivity contribution in [3.63, 3.8) is 0 Å². The summed E-state index contributed by atoms with van der Waals surface area (Å²) in [5.74, 6) is 0.580. The lowest BCUT2D eigenvalue weighted by Gasteiger charge is -2.43. The SMILES string of the molecule is CCc1nc(C(N)=O)c(Nc2ccc(N3CCC(N4CCN(C(=O)CCCC(=O)NO)CC4)CC3)c(OC)c2)nc1NC1CCOCC1. The van der Waals surface area contributed by atoms with E-state index >= 15 is 0 Å². The molecule has 0 aliphatic carbocycles. The number of aromatic nitrogens is 2. The highest BCUT2D eigenvalue weighted by Gasteiger charge is 2.30. The topological polar surface area (TPSA) is 188 Å². The number of nitrogens with two attached hydrogens (primary N) is 1. The summed E-state index contributed by atoms with van der Waals surface area (Å²) < 4.78 is 11.3. The Bertz CT molecular complexity index is 1420. The molecule has 5 rings (SSSR count). The fraction of sp³-hybridized carbons (Fsp3) is 0.606. The number of piperazine rings is 1. The van der Waals surface area contributed by atoms with Crippen LogP contribution in [-0.2, 0) is 20.7 Å². The molecule has 3 aliphatic heterocycles. The van der Waals surface area contributed by atoms with Crippen molar-refractivity contribution in [2.24, 2.45) is 5.73 Å². The summed E-state index contributed by atoms with van der Waals surface area (Å²) in [6.07, 6.45) is 5.21. The number of hydroxylamine groups is 1. The third kappa shape index (κ3) is 8.82. The molecule has 0 saturated carbocycles. The Kier molecular flexibility index (Phi) is 12.3. The van der Waals surface area contributed by atoms with E-state index in [0.717, 1.165) is 57.5 Å². The zero-order valence-electron chi connectivity index (χ0n) is 28.0. The van der Waals surface area contributed by atoms with Crippen molar-refractivity contribution >= 4 is 40.7 Å². The number of methoxy groups -OCH3 is 1. The van der Waals surface area contributed by atoms with Gasteiger partial charge in [-0.2, -0.15) is 0 Å². The second-order valence-corrected chi connectivity index (χ2v) is 12.5. The first kappa shape index (κ1) is 35.1. The van der Waals surface area contributed by atoms with Crippen molar-refractivity contribution in [1.82, 2.24) is 25.2 Å². The van der Waals surface area contributed by atoms with Crippen molar-refractivity contribution in [3.8, 4) is 5.75 Å². The quantitative estimate of drug-likeness (QED) is 0.155. The molecule has 3 amide bonds. The second-order valence-electron chi connectivity index (χ2n) is 12.5. The molecule has 3 fully saturated rings. The van der Waals surface area contributed by atoms with Crippen LogP contribution in [0, 0.1) is 0 Å². The molecule has 0 bridgehead atoms. The van der Waals surface area contributed by atoms with Crippen LogP contribution in [0.2, 0.25) is 0 Å². The summed E-state index contributed by atoms with van der Waals surface area (Å²) in [7, 11) is 1.65. The molecule has 4 heterocycles. The molecule has 0 radical (unpaired) electrons. The highest BCUT2D eigenvalue weighted by molar-refractivity contribution is 5.96. The predicted molar refractivity (Wildman–Crippen MR) is 181 cm³/mol. The summed E-state index contributed by atoms with van der Waals surface area (Å²) >= 11 is 0. The van der Waals surface area contributed by atoms with Gasteiger partial charge in [0.25, 0.3) is 5.91 Å². The lowest BCUT2D eigenvalue weighted by Crippen LogP contribution is -2.54. The first-order valence-corrected chi connectivity index (χ1v) is 17.0. The smallest absolute Gasteiger partial charge is 0.271 e. The maximum atomic E-state index is 12.6. The van der Waals surface area contributed by atoms with E-state index < -0.39 is 11.8 Å². The third-order valence-electron chi connectivity index (χ3n) is 9.45. The maximum absolute atomic E-state index is 12.6. The van der Waals surface area contributed by atoms with E-state index in [1.165, 1.54) is 0 Å². The number of amides is 3. The van der Waals surface area contributed by atoms with Gasteiger partial charge in [-0.1, -0.05) is 6.92 Å². The molecular formula is C33H49N9O6. The van der Waals surface area contributed by atoms with Gasteiger partial charge in [0.1, 0.15) is 5.75 Å². The lowest BCUT2D eigenvalue weighted by molar-refractivity contribution is -0.134. The molecule has 15 heteroatoms. The number of carbonyl (C=O) groups is 3. The number of ether oxygens (including phenoxy) is 2. The molecule has 3 aliphatic rings. The predicted octanol–water partition coefficient (Wildman–Crippen LogP) is 2.27. The number of carbonyl (C=O) groups excluding carboxylic acids is 3.